The Bertz CT molecular complexity index is 540. The molecule has 1 aliphatic rings. The predicted octanol–water partition coefficient (Wildman–Crippen LogP) is 3.57. The first-order chi connectivity index (χ1) is 11.1. The van der Waals surface area contributed by atoms with E-state index in [-0.39, 0.29) is 11.9 Å². The number of anilines is 1. The number of hydrogen-bond acceptors (Lipinski definition) is 4. The maximum Gasteiger partial charge on any atom is 0.262 e. The number of nitrogens with zero attached hydrogens (tertiary/aromatic N) is 1. The summed E-state index contributed by atoms with van der Waals surface area (Å²) in [5, 5.41) is 7.50. The number of carbonyl (C=O) groups is 1. The Morgan fingerprint density at radius 2 is 2.09 bits per heavy atom. The van der Waals surface area contributed by atoms with Gasteiger partial charge >= 0.3 is 0 Å². The highest BCUT2D eigenvalue weighted by molar-refractivity contribution is 5.90. The summed E-state index contributed by atoms with van der Waals surface area (Å²) in [6, 6.07) is 7.24. The van der Waals surface area contributed by atoms with Gasteiger partial charge in [0.05, 0.1) is 6.61 Å². The second-order valence-corrected chi connectivity index (χ2v) is 6.05. The van der Waals surface area contributed by atoms with Gasteiger partial charge in [0.15, 0.2) is 0 Å². The third kappa shape index (κ3) is 5.27. The normalized spacial score (nSPS) is 20.8. The molecule has 0 aliphatic heterocycles. The number of rotatable bonds is 6. The molecule has 1 aromatic carbocycles. The van der Waals surface area contributed by atoms with Crippen LogP contribution in [0, 0.1) is 5.92 Å². The minimum Gasteiger partial charge on any atom is -0.494 e. The highest BCUT2D eigenvalue weighted by atomic mass is 16.5. The highest BCUT2D eigenvalue weighted by Gasteiger charge is 2.17. The van der Waals surface area contributed by atoms with Gasteiger partial charge in [-0.2, -0.15) is 5.10 Å². The standard InChI is InChI=1S/C18H27N3O2/c1-4-23-16-11-9-15(10-12-16)19-14(3)18(22)21-20-17-8-6-5-7-13(17)2/h9-14,19H,4-8H2,1-3H3,(H,21,22)/b20-17+. The molecule has 0 aromatic heterocycles. The van der Waals surface area contributed by atoms with Crippen molar-refractivity contribution in [2.45, 2.75) is 52.5 Å². The van der Waals surface area contributed by atoms with Gasteiger partial charge in [-0.3, -0.25) is 4.79 Å². The topological polar surface area (TPSA) is 62.7 Å². The van der Waals surface area contributed by atoms with Crippen LogP contribution in [-0.2, 0) is 4.79 Å². The first-order valence-corrected chi connectivity index (χ1v) is 8.46. The number of hydrogen-bond donors (Lipinski definition) is 2. The average molecular weight is 317 g/mol. The summed E-state index contributed by atoms with van der Waals surface area (Å²) in [5.41, 5.74) is 4.69. The molecule has 1 amide bonds. The summed E-state index contributed by atoms with van der Waals surface area (Å²) in [7, 11) is 0. The first-order valence-electron chi connectivity index (χ1n) is 8.46. The molecule has 0 bridgehead atoms. The summed E-state index contributed by atoms with van der Waals surface area (Å²) in [5.74, 6) is 1.18. The molecule has 1 aliphatic carbocycles. The Labute approximate surface area is 138 Å². The number of hydrazone groups is 1. The Morgan fingerprint density at radius 1 is 1.35 bits per heavy atom. The van der Waals surface area contributed by atoms with Crippen LogP contribution in [0.15, 0.2) is 29.4 Å². The lowest BCUT2D eigenvalue weighted by molar-refractivity contribution is -0.121. The van der Waals surface area contributed by atoms with E-state index in [1.54, 1.807) is 0 Å². The van der Waals surface area contributed by atoms with Crippen LogP contribution < -0.4 is 15.5 Å². The van der Waals surface area contributed by atoms with E-state index in [4.69, 9.17) is 4.74 Å². The van der Waals surface area contributed by atoms with Crippen molar-refractivity contribution in [3.63, 3.8) is 0 Å². The van der Waals surface area contributed by atoms with Gasteiger partial charge in [0.2, 0.25) is 0 Å². The fraction of sp³-hybridized carbons (Fsp3) is 0.556. The molecule has 0 radical (unpaired) electrons. The number of carbonyl (C=O) groups excluding carboxylic acids is 1. The molecule has 1 fully saturated rings. The molecule has 1 aromatic rings. The summed E-state index contributed by atoms with van der Waals surface area (Å²) in [4.78, 5) is 12.2. The number of amides is 1. The van der Waals surface area contributed by atoms with Crippen LogP contribution in [0.1, 0.15) is 46.5 Å². The molecular weight excluding hydrogens is 290 g/mol. The molecule has 0 heterocycles. The molecule has 2 unspecified atom stereocenters. The SMILES string of the molecule is CCOc1ccc(NC(C)C(=O)N/N=C2\CCCCC2C)cc1. The van der Waals surface area contributed by atoms with E-state index in [0.717, 1.165) is 30.0 Å². The molecule has 5 heteroatoms. The zero-order valence-electron chi connectivity index (χ0n) is 14.3. The molecule has 2 N–H and O–H groups in total. The summed E-state index contributed by atoms with van der Waals surface area (Å²) in [6.07, 6.45) is 4.57. The van der Waals surface area contributed by atoms with Crippen molar-refractivity contribution in [3.05, 3.63) is 24.3 Å². The molecule has 5 nitrogen and oxygen atoms in total. The smallest absolute Gasteiger partial charge is 0.262 e. The molecular formula is C18H27N3O2. The van der Waals surface area contributed by atoms with Crippen molar-refractivity contribution >= 4 is 17.3 Å². The zero-order chi connectivity index (χ0) is 16.7. The molecule has 2 atom stereocenters. The molecule has 0 saturated heterocycles. The Morgan fingerprint density at radius 3 is 2.74 bits per heavy atom. The highest BCUT2D eigenvalue weighted by Crippen LogP contribution is 2.20. The molecule has 23 heavy (non-hydrogen) atoms. The minimum atomic E-state index is -0.351. The van der Waals surface area contributed by atoms with Gasteiger partial charge < -0.3 is 10.1 Å². The minimum absolute atomic E-state index is 0.121. The number of benzene rings is 1. The van der Waals surface area contributed by atoms with Gasteiger partial charge in [-0.1, -0.05) is 13.3 Å². The van der Waals surface area contributed by atoms with Gasteiger partial charge in [0, 0.05) is 11.4 Å². The third-order valence-corrected chi connectivity index (χ3v) is 4.14. The maximum atomic E-state index is 12.2. The van der Waals surface area contributed by atoms with Gasteiger partial charge in [-0.05, 0) is 63.3 Å². The lowest BCUT2D eigenvalue weighted by Gasteiger charge is -2.20. The second kappa shape index (κ2) is 8.56. The molecule has 0 spiro atoms. The van der Waals surface area contributed by atoms with E-state index in [2.05, 4.69) is 22.8 Å². The van der Waals surface area contributed by atoms with Crippen LogP contribution in [0.25, 0.3) is 0 Å². The van der Waals surface area contributed by atoms with Gasteiger partial charge in [0.1, 0.15) is 11.8 Å². The van der Waals surface area contributed by atoms with Crippen LogP contribution >= 0.6 is 0 Å². The van der Waals surface area contributed by atoms with Gasteiger partial charge in [-0.25, -0.2) is 5.43 Å². The fourth-order valence-electron chi connectivity index (χ4n) is 2.69. The van der Waals surface area contributed by atoms with Crippen molar-refractivity contribution in [1.29, 1.82) is 0 Å². The van der Waals surface area contributed by atoms with Crippen LogP contribution in [0.5, 0.6) is 5.75 Å². The summed E-state index contributed by atoms with van der Waals surface area (Å²) >= 11 is 0. The number of nitrogens with one attached hydrogen (secondary N) is 2. The maximum absolute atomic E-state index is 12.2. The van der Waals surface area contributed by atoms with E-state index < -0.39 is 0 Å². The van der Waals surface area contributed by atoms with E-state index in [9.17, 15) is 4.79 Å². The second-order valence-electron chi connectivity index (χ2n) is 6.05. The Kier molecular flexibility index (Phi) is 6.44. The quantitative estimate of drug-likeness (QED) is 0.788. The summed E-state index contributed by atoms with van der Waals surface area (Å²) in [6.45, 7) is 6.60. The average Bonchev–Trinajstić information content (AvgIpc) is 2.56. The van der Waals surface area contributed by atoms with Crippen molar-refractivity contribution in [2.75, 3.05) is 11.9 Å². The molecule has 126 valence electrons. The van der Waals surface area contributed by atoms with Crippen molar-refractivity contribution in [1.82, 2.24) is 5.43 Å². The Balaban J connectivity index is 1.85. The first kappa shape index (κ1) is 17.3. The van der Waals surface area contributed by atoms with Crippen molar-refractivity contribution in [3.8, 4) is 5.75 Å². The van der Waals surface area contributed by atoms with E-state index in [1.165, 1.54) is 12.8 Å². The van der Waals surface area contributed by atoms with E-state index in [1.807, 2.05) is 38.1 Å². The number of ether oxygens (including phenoxy) is 1. The largest absolute Gasteiger partial charge is 0.494 e. The van der Waals surface area contributed by atoms with Crippen molar-refractivity contribution < 1.29 is 9.53 Å². The predicted molar refractivity (Wildman–Crippen MR) is 93.9 cm³/mol. The van der Waals surface area contributed by atoms with Crippen molar-refractivity contribution in [2.24, 2.45) is 11.0 Å². The van der Waals surface area contributed by atoms with Crippen LogP contribution in [-0.4, -0.2) is 24.3 Å². The van der Waals surface area contributed by atoms with Gasteiger partial charge in [-0.15, -0.1) is 0 Å². The molecule has 1 saturated carbocycles. The zero-order valence-corrected chi connectivity index (χ0v) is 14.3. The lowest BCUT2D eigenvalue weighted by atomic mass is 9.89. The van der Waals surface area contributed by atoms with Crippen LogP contribution in [0.4, 0.5) is 5.69 Å². The molecule has 2 rings (SSSR count). The van der Waals surface area contributed by atoms with E-state index in [0.29, 0.717) is 12.5 Å². The Hall–Kier alpha value is -2.04. The third-order valence-electron chi connectivity index (χ3n) is 4.14. The van der Waals surface area contributed by atoms with Crippen LogP contribution in [0.2, 0.25) is 0 Å². The van der Waals surface area contributed by atoms with Gasteiger partial charge in [0.25, 0.3) is 5.91 Å². The fourth-order valence-corrected chi connectivity index (χ4v) is 2.69. The lowest BCUT2D eigenvalue weighted by Crippen LogP contribution is -2.36. The summed E-state index contributed by atoms with van der Waals surface area (Å²) < 4.78 is 5.40. The van der Waals surface area contributed by atoms with E-state index >= 15 is 0 Å². The monoisotopic (exact) mass is 317 g/mol. The van der Waals surface area contributed by atoms with Crippen LogP contribution in [0.3, 0.4) is 0 Å².